The first kappa shape index (κ1) is 22.1. The minimum Gasteiger partial charge on any atom is -0.480 e. The van der Waals surface area contributed by atoms with Crippen LogP contribution in [-0.4, -0.2) is 41.8 Å². The lowest BCUT2D eigenvalue weighted by molar-refractivity contribution is -0.153. The summed E-state index contributed by atoms with van der Waals surface area (Å²) in [5.74, 6) is -1.24. The number of carboxylic acid groups (broad SMARTS) is 1. The summed E-state index contributed by atoms with van der Waals surface area (Å²) < 4.78 is 5.66. The zero-order chi connectivity index (χ0) is 24.3. The first-order valence-corrected chi connectivity index (χ1v) is 12.5. The minimum absolute atomic E-state index is 0.0293. The first-order chi connectivity index (χ1) is 16.9. The first-order valence-electron chi connectivity index (χ1n) is 12.5. The highest BCUT2D eigenvalue weighted by atomic mass is 16.5. The summed E-state index contributed by atoms with van der Waals surface area (Å²) in [6.07, 6.45) is 4.78. The maximum Gasteiger partial charge on any atom is 0.407 e. The third kappa shape index (κ3) is 3.27. The summed E-state index contributed by atoms with van der Waals surface area (Å²) in [4.78, 5) is 37.9. The van der Waals surface area contributed by atoms with Crippen molar-refractivity contribution in [2.24, 2.45) is 10.8 Å². The second kappa shape index (κ2) is 7.83. The topological polar surface area (TPSA) is 105 Å². The molecule has 1 atom stereocenters. The molecule has 3 saturated carbocycles. The molecule has 0 radical (unpaired) electrons. The van der Waals surface area contributed by atoms with Gasteiger partial charge in [0.1, 0.15) is 12.1 Å². The molecule has 0 aromatic heterocycles. The molecule has 182 valence electrons. The molecule has 2 amide bonds. The molecule has 2 aromatic rings. The van der Waals surface area contributed by atoms with Gasteiger partial charge < -0.3 is 20.5 Å². The van der Waals surface area contributed by atoms with E-state index >= 15 is 0 Å². The van der Waals surface area contributed by atoms with Crippen molar-refractivity contribution in [3.8, 4) is 11.1 Å². The van der Waals surface area contributed by atoms with E-state index in [1.54, 1.807) is 0 Å². The number of nitrogens with one attached hydrogen (secondary N) is 2. The molecule has 0 saturated heterocycles. The van der Waals surface area contributed by atoms with Crippen molar-refractivity contribution in [3.63, 3.8) is 0 Å². The molecular formula is C28H30N2O5. The van der Waals surface area contributed by atoms with Crippen LogP contribution in [0.25, 0.3) is 11.1 Å². The van der Waals surface area contributed by atoms with Gasteiger partial charge >= 0.3 is 12.1 Å². The molecule has 1 spiro atoms. The maximum atomic E-state index is 13.3. The zero-order valence-electron chi connectivity index (χ0n) is 19.6. The fourth-order valence-electron chi connectivity index (χ4n) is 6.58. The van der Waals surface area contributed by atoms with Gasteiger partial charge in [0.15, 0.2) is 0 Å². The van der Waals surface area contributed by atoms with Crippen LogP contribution >= 0.6 is 0 Å². The Balaban J connectivity index is 1.11. The number of alkyl carbamates (subject to hydrolysis) is 1. The average Bonchev–Trinajstić information content (AvgIpc) is 3.43. The lowest BCUT2D eigenvalue weighted by atomic mass is 9.73. The highest BCUT2D eigenvalue weighted by Crippen LogP contribution is 2.74. The Labute approximate surface area is 204 Å². The van der Waals surface area contributed by atoms with Crippen molar-refractivity contribution in [1.82, 2.24) is 10.6 Å². The summed E-state index contributed by atoms with van der Waals surface area (Å²) in [5, 5.41) is 15.3. The van der Waals surface area contributed by atoms with Crippen molar-refractivity contribution >= 4 is 18.0 Å². The van der Waals surface area contributed by atoms with Crippen LogP contribution in [0.3, 0.4) is 0 Å². The van der Waals surface area contributed by atoms with Gasteiger partial charge in [-0.3, -0.25) is 4.79 Å². The van der Waals surface area contributed by atoms with Crippen LogP contribution in [0.4, 0.5) is 4.79 Å². The van der Waals surface area contributed by atoms with Crippen LogP contribution in [0.2, 0.25) is 0 Å². The van der Waals surface area contributed by atoms with E-state index in [-0.39, 0.29) is 30.4 Å². The van der Waals surface area contributed by atoms with E-state index in [0.717, 1.165) is 36.8 Å². The summed E-state index contributed by atoms with van der Waals surface area (Å²) in [5.41, 5.74) is 2.62. The molecule has 4 aliphatic carbocycles. The molecule has 4 aliphatic rings. The number of hydrogen-bond acceptors (Lipinski definition) is 4. The lowest BCUT2D eigenvalue weighted by Gasteiger charge is -2.41. The second-order valence-corrected chi connectivity index (χ2v) is 10.8. The molecule has 0 aliphatic heterocycles. The molecule has 7 nitrogen and oxygen atoms in total. The van der Waals surface area contributed by atoms with E-state index < -0.39 is 23.0 Å². The van der Waals surface area contributed by atoms with Gasteiger partial charge in [-0.05, 0) is 66.2 Å². The van der Waals surface area contributed by atoms with Crippen molar-refractivity contribution < 1.29 is 24.2 Å². The number of hydrogen-bond donors (Lipinski definition) is 3. The molecule has 35 heavy (non-hydrogen) atoms. The molecule has 3 fully saturated rings. The standard InChI is InChI=1S/C28H30N2O5/c31-23(30-28(24(32)33)13-6-14-28)27(16-26(27)11-5-12-26)17-29-25(34)35-15-22-20-9-3-1-7-18(20)19-8-2-4-10-21(19)22/h1-4,7-10,22H,5-6,11-17H2,(H,29,34)(H,30,31)(H,32,33). The van der Waals surface area contributed by atoms with E-state index in [1.165, 1.54) is 11.1 Å². The fraction of sp³-hybridized carbons (Fsp3) is 0.464. The molecule has 0 bridgehead atoms. The van der Waals surface area contributed by atoms with Gasteiger partial charge in [-0.2, -0.15) is 0 Å². The van der Waals surface area contributed by atoms with Gasteiger partial charge in [0.25, 0.3) is 0 Å². The number of carbonyl (C=O) groups excluding carboxylic acids is 2. The van der Waals surface area contributed by atoms with E-state index in [0.29, 0.717) is 19.3 Å². The predicted molar refractivity (Wildman–Crippen MR) is 129 cm³/mol. The Morgan fingerprint density at radius 1 is 0.914 bits per heavy atom. The third-order valence-corrected chi connectivity index (χ3v) is 9.12. The Morgan fingerprint density at radius 3 is 2.00 bits per heavy atom. The number of rotatable bonds is 7. The van der Waals surface area contributed by atoms with Crippen molar-refractivity contribution in [2.45, 2.75) is 56.4 Å². The van der Waals surface area contributed by atoms with E-state index in [4.69, 9.17) is 4.74 Å². The number of ether oxygens (including phenoxy) is 1. The lowest BCUT2D eigenvalue weighted by Crippen LogP contribution is -2.62. The number of fused-ring (bicyclic) bond motifs is 3. The van der Waals surface area contributed by atoms with Gasteiger partial charge in [-0.15, -0.1) is 0 Å². The number of aliphatic carboxylic acids is 1. The molecular weight excluding hydrogens is 444 g/mol. The quantitative estimate of drug-likeness (QED) is 0.558. The minimum atomic E-state index is -1.15. The molecule has 3 N–H and O–H groups in total. The van der Waals surface area contributed by atoms with Crippen LogP contribution in [0.1, 0.15) is 62.0 Å². The van der Waals surface area contributed by atoms with Gasteiger partial charge in [-0.1, -0.05) is 55.0 Å². The molecule has 7 heteroatoms. The summed E-state index contributed by atoms with van der Waals surface area (Å²) in [7, 11) is 0. The Kier molecular flexibility index (Phi) is 4.95. The number of carboxylic acids is 1. The smallest absolute Gasteiger partial charge is 0.407 e. The monoisotopic (exact) mass is 474 g/mol. The zero-order valence-corrected chi connectivity index (χ0v) is 19.6. The van der Waals surface area contributed by atoms with Crippen molar-refractivity contribution in [1.29, 1.82) is 0 Å². The summed E-state index contributed by atoms with van der Waals surface area (Å²) in [6.45, 7) is 0.386. The Hall–Kier alpha value is -3.35. The highest BCUT2D eigenvalue weighted by molar-refractivity contribution is 5.94. The van der Waals surface area contributed by atoms with Gasteiger partial charge in [0.05, 0.1) is 5.41 Å². The third-order valence-electron chi connectivity index (χ3n) is 9.12. The Morgan fingerprint density at radius 2 is 1.51 bits per heavy atom. The molecule has 0 heterocycles. The largest absolute Gasteiger partial charge is 0.480 e. The van der Waals surface area contributed by atoms with Crippen molar-refractivity contribution in [3.05, 3.63) is 59.7 Å². The number of amides is 2. The molecule has 6 rings (SSSR count). The maximum absolute atomic E-state index is 13.3. The number of benzene rings is 2. The molecule has 1 unspecified atom stereocenters. The summed E-state index contributed by atoms with van der Waals surface area (Å²) in [6, 6.07) is 16.4. The summed E-state index contributed by atoms with van der Waals surface area (Å²) >= 11 is 0. The number of carbonyl (C=O) groups is 3. The average molecular weight is 475 g/mol. The van der Waals surface area contributed by atoms with E-state index in [2.05, 4.69) is 34.9 Å². The molecule has 2 aromatic carbocycles. The fourth-order valence-corrected chi connectivity index (χ4v) is 6.58. The van der Waals surface area contributed by atoms with E-state index in [9.17, 15) is 19.5 Å². The highest BCUT2D eigenvalue weighted by Gasteiger charge is 2.74. The van der Waals surface area contributed by atoms with Crippen LogP contribution in [0.5, 0.6) is 0 Å². The van der Waals surface area contributed by atoms with Crippen LogP contribution < -0.4 is 10.6 Å². The van der Waals surface area contributed by atoms with Gasteiger partial charge in [0.2, 0.25) is 5.91 Å². The second-order valence-electron chi connectivity index (χ2n) is 10.8. The van der Waals surface area contributed by atoms with Crippen LogP contribution in [0, 0.1) is 10.8 Å². The van der Waals surface area contributed by atoms with Gasteiger partial charge in [-0.25, -0.2) is 9.59 Å². The SMILES string of the molecule is O=C(NCC1(C(=O)NC2(C(=O)O)CCC2)CC12CCC2)OCC1c2ccccc2-c2ccccc21. The normalized spacial score (nSPS) is 24.3. The van der Waals surface area contributed by atoms with Gasteiger partial charge in [0, 0.05) is 12.5 Å². The van der Waals surface area contributed by atoms with Crippen molar-refractivity contribution in [2.75, 3.05) is 13.2 Å². The predicted octanol–water partition coefficient (Wildman–Crippen LogP) is 4.21. The Bertz CT molecular complexity index is 1170. The van der Waals surface area contributed by atoms with E-state index in [1.807, 2.05) is 24.3 Å². The van der Waals surface area contributed by atoms with Crippen LogP contribution in [0.15, 0.2) is 48.5 Å². The van der Waals surface area contributed by atoms with Crippen LogP contribution in [-0.2, 0) is 14.3 Å².